The van der Waals surface area contributed by atoms with Gasteiger partial charge >= 0.3 is 0 Å². The largest absolute Gasteiger partial charge is 0.351 e. The highest BCUT2D eigenvalue weighted by Gasteiger charge is 2.14. The molecule has 0 saturated carbocycles. The summed E-state index contributed by atoms with van der Waals surface area (Å²) < 4.78 is 27.4. The van der Waals surface area contributed by atoms with Crippen LogP contribution in [0, 0.1) is 0 Å². The van der Waals surface area contributed by atoms with E-state index in [2.05, 4.69) is 10.0 Å². The first-order chi connectivity index (χ1) is 14.9. The second-order valence-corrected chi connectivity index (χ2v) is 10.1. The van der Waals surface area contributed by atoms with Gasteiger partial charge in [-0.3, -0.25) is 9.52 Å². The van der Waals surface area contributed by atoms with Crippen LogP contribution < -0.4 is 10.0 Å². The summed E-state index contributed by atoms with van der Waals surface area (Å²) in [7, 11) is -3.72. The zero-order chi connectivity index (χ0) is 22.3. The predicted octanol–water partition coefficient (Wildman–Crippen LogP) is 5.46. The van der Waals surface area contributed by atoms with Crippen molar-refractivity contribution in [2.75, 3.05) is 17.0 Å². The second kappa shape index (κ2) is 10.9. The van der Waals surface area contributed by atoms with Crippen LogP contribution in [0.1, 0.15) is 15.9 Å². The predicted molar refractivity (Wildman–Crippen MR) is 129 cm³/mol. The first-order valence-electron chi connectivity index (χ1n) is 9.33. The number of sulfonamides is 1. The number of hydrogen-bond donors (Lipinski definition) is 2. The lowest BCUT2D eigenvalue weighted by Gasteiger charge is -2.10. The van der Waals surface area contributed by atoms with Gasteiger partial charge in [-0.25, -0.2) is 8.42 Å². The normalized spacial score (nSPS) is 11.2. The monoisotopic (exact) mass is 494 g/mol. The van der Waals surface area contributed by atoms with Gasteiger partial charge in [0.05, 0.1) is 4.90 Å². The fourth-order valence-electron chi connectivity index (χ4n) is 2.72. The minimum atomic E-state index is -3.72. The summed E-state index contributed by atoms with van der Waals surface area (Å²) in [6.45, 7) is 0.450. The first-order valence-corrected chi connectivity index (χ1v) is 12.7. The topological polar surface area (TPSA) is 75.3 Å². The van der Waals surface area contributed by atoms with Gasteiger partial charge in [0.15, 0.2) is 0 Å². The average molecular weight is 495 g/mol. The number of rotatable bonds is 9. The summed E-state index contributed by atoms with van der Waals surface area (Å²) in [5.74, 6) is 1.04. The van der Waals surface area contributed by atoms with E-state index in [1.54, 1.807) is 66.4 Å². The maximum Gasteiger partial charge on any atom is 0.261 e. The maximum atomic E-state index is 12.5. The van der Waals surface area contributed by atoms with Crippen molar-refractivity contribution < 1.29 is 13.2 Å². The Kier molecular flexibility index (Phi) is 8.26. The van der Waals surface area contributed by atoms with Crippen LogP contribution >= 0.6 is 35.0 Å². The van der Waals surface area contributed by atoms with E-state index in [-0.39, 0.29) is 10.8 Å². The molecule has 5 nitrogen and oxygen atoms in total. The number of nitrogens with one attached hydrogen (secondary N) is 2. The third-order valence-electron chi connectivity index (χ3n) is 4.27. The van der Waals surface area contributed by atoms with Gasteiger partial charge in [0, 0.05) is 39.3 Å². The van der Waals surface area contributed by atoms with Gasteiger partial charge in [0.2, 0.25) is 0 Å². The molecular formula is C22H20Cl2N2O3S2. The molecule has 0 unspecified atom stereocenters. The molecule has 162 valence electrons. The van der Waals surface area contributed by atoms with Crippen LogP contribution in [0.3, 0.4) is 0 Å². The smallest absolute Gasteiger partial charge is 0.261 e. The van der Waals surface area contributed by atoms with E-state index in [1.807, 2.05) is 0 Å². The average Bonchev–Trinajstić information content (AvgIpc) is 2.75. The van der Waals surface area contributed by atoms with E-state index in [1.165, 1.54) is 18.2 Å². The van der Waals surface area contributed by atoms with Crippen molar-refractivity contribution in [3.8, 4) is 0 Å². The molecule has 3 aromatic carbocycles. The highest BCUT2D eigenvalue weighted by Crippen LogP contribution is 2.28. The molecule has 0 spiro atoms. The quantitative estimate of drug-likeness (QED) is 0.387. The summed E-state index contributed by atoms with van der Waals surface area (Å²) in [6.07, 6.45) is 0. The van der Waals surface area contributed by atoms with Crippen LogP contribution in [0.4, 0.5) is 5.69 Å². The Morgan fingerprint density at radius 3 is 2.29 bits per heavy atom. The van der Waals surface area contributed by atoms with Gasteiger partial charge < -0.3 is 5.32 Å². The van der Waals surface area contributed by atoms with Gasteiger partial charge in [-0.2, -0.15) is 11.8 Å². The van der Waals surface area contributed by atoms with Crippen molar-refractivity contribution in [3.63, 3.8) is 0 Å². The molecule has 0 atom stereocenters. The fraction of sp³-hybridized carbons (Fsp3) is 0.136. The number of amides is 1. The van der Waals surface area contributed by atoms with Crippen LogP contribution in [0.25, 0.3) is 0 Å². The molecule has 0 fully saturated rings. The Hall–Kier alpha value is -2.19. The molecule has 3 rings (SSSR count). The first kappa shape index (κ1) is 23.5. The van der Waals surface area contributed by atoms with E-state index >= 15 is 0 Å². The van der Waals surface area contributed by atoms with Crippen LogP contribution in [-0.4, -0.2) is 26.6 Å². The summed E-state index contributed by atoms with van der Waals surface area (Å²) in [6, 6.07) is 19.8. The standard InChI is InChI=1S/C22H20Cl2N2O3S2/c23-20-10-5-11-21(24)19(20)15-30-13-12-25-22(27)16-6-4-7-17(14-16)26-31(28,29)18-8-2-1-3-9-18/h1-11,14,26H,12-13,15H2,(H,25,27). The lowest BCUT2D eigenvalue weighted by Crippen LogP contribution is -2.26. The highest BCUT2D eigenvalue weighted by atomic mass is 35.5. The molecule has 0 radical (unpaired) electrons. The summed E-state index contributed by atoms with van der Waals surface area (Å²) in [5.41, 5.74) is 1.56. The zero-order valence-electron chi connectivity index (χ0n) is 16.3. The SMILES string of the molecule is O=C(NCCSCc1c(Cl)cccc1Cl)c1cccc(NS(=O)(=O)c2ccccc2)c1. The van der Waals surface area contributed by atoms with E-state index in [9.17, 15) is 13.2 Å². The minimum absolute atomic E-state index is 0.153. The summed E-state index contributed by atoms with van der Waals surface area (Å²) >= 11 is 13.9. The summed E-state index contributed by atoms with van der Waals surface area (Å²) in [5, 5.41) is 4.08. The number of benzene rings is 3. The molecule has 0 aliphatic rings. The van der Waals surface area contributed by atoms with E-state index in [0.29, 0.717) is 39.3 Å². The number of halogens is 2. The Morgan fingerprint density at radius 2 is 1.58 bits per heavy atom. The molecule has 0 aliphatic carbocycles. The van der Waals surface area contributed by atoms with Crippen molar-refractivity contribution >= 4 is 56.6 Å². The fourth-order valence-corrected chi connectivity index (χ4v) is 5.39. The molecule has 0 aromatic heterocycles. The molecule has 0 saturated heterocycles. The molecule has 9 heteroatoms. The second-order valence-electron chi connectivity index (χ2n) is 6.51. The van der Waals surface area contributed by atoms with Crippen molar-refractivity contribution in [2.45, 2.75) is 10.6 Å². The van der Waals surface area contributed by atoms with Gasteiger partial charge in [-0.05, 0) is 48.0 Å². The van der Waals surface area contributed by atoms with Crippen molar-refractivity contribution in [3.05, 3.63) is 94.0 Å². The Bertz CT molecular complexity index is 1140. The molecule has 3 aromatic rings. The van der Waals surface area contributed by atoms with Gasteiger partial charge in [0.1, 0.15) is 0 Å². The van der Waals surface area contributed by atoms with Crippen LogP contribution in [0.5, 0.6) is 0 Å². The molecular weight excluding hydrogens is 475 g/mol. The number of anilines is 1. The molecule has 31 heavy (non-hydrogen) atoms. The molecule has 0 aliphatic heterocycles. The molecule has 2 N–H and O–H groups in total. The lowest BCUT2D eigenvalue weighted by atomic mass is 10.2. The van der Waals surface area contributed by atoms with E-state index < -0.39 is 10.0 Å². The third kappa shape index (κ3) is 6.64. The zero-order valence-corrected chi connectivity index (χ0v) is 19.5. The van der Waals surface area contributed by atoms with Crippen LogP contribution in [0.2, 0.25) is 10.0 Å². The number of carbonyl (C=O) groups excluding carboxylic acids is 1. The van der Waals surface area contributed by atoms with Crippen LogP contribution in [0.15, 0.2) is 77.7 Å². The van der Waals surface area contributed by atoms with Crippen LogP contribution in [-0.2, 0) is 15.8 Å². The molecule has 0 bridgehead atoms. The maximum absolute atomic E-state index is 12.5. The number of carbonyl (C=O) groups is 1. The number of thioether (sulfide) groups is 1. The van der Waals surface area contributed by atoms with E-state index in [0.717, 1.165) is 5.56 Å². The minimum Gasteiger partial charge on any atom is -0.351 e. The van der Waals surface area contributed by atoms with E-state index in [4.69, 9.17) is 23.2 Å². The van der Waals surface area contributed by atoms with Crippen molar-refractivity contribution in [1.29, 1.82) is 0 Å². The summed E-state index contributed by atoms with van der Waals surface area (Å²) in [4.78, 5) is 12.6. The Balaban J connectivity index is 1.52. The van der Waals surface area contributed by atoms with Gasteiger partial charge in [-0.15, -0.1) is 0 Å². The number of hydrogen-bond acceptors (Lipinski definition) is 4. The third-order valence-corrected chi connectivity index (χ3v) is 7.36. The van der Waals surface area contributed by atoms with Crippen molar-refractivity contribution in [1.82, 2.24) is 5.32 Å². The molecule has 1 amide bonds. The molecule has 0 heterocycles. The van der Waals surface area contributed by atoms with Crippen molar-refractivity contribution in [2.24, 2.45) is 0 Å². The Morgan fingerprint density at radius 1 is 0.903 bits per heavy atom. The van der Waals surface area contributed by atoms with Gasteiger partial charge in [-0.1, -0.05) is 53.5 Å². The highest BCUT2D eigenvalue weighted by molar-refractivity contribution is 7.98. The van der Waals surface area contributed by atoms with Gasteiger partial charge in [0.25, 0.3) is 15.9 Å². The lowest BCUT2D eigenvalue weighted by molar-refractivity contribution is 0.0956. The Labute approximate surface area is 196 Å².